The third-order valence-electron chi connectivity index (χ3n) is 11.1. The molecule has 0 heterocycles. The third kappa shape index (κ3) is 6.52. The molecule has 0 amide bonds. The first-order valence-corrected chi connectivity index (χ1v) is 17.1. The Bertz CT molecular complexity index is 1900. The number of hydrogen-bond acceptors (Lipinski definition) is 7. The summed E-state index contributed by atoms with van der Waals surface area (Å²) in [5.74, 6) is 1.09. The summed E-state index contributed by atoms with van der Waals surface area (Å²) in [6.07, 6.45) is 4.39. The number of fused-ring (bicyclic) bond motifs is 5. The fourth-order valence-electron chi connectivity index (χ4n) is 8.57. The van der Waals surface area contributed by atoms with E-state index >= 15 is 0 Å². The van der Waals surface area contributed by atoms with Gasteiger partial charge in [0.2, 0.25) is 0 Å². The fraction of sp³-hybridized carbons (Fsp3) is 0.341. The Morgan fingerprint density at radius 1 is 0.959 bits per heavy atom. The van der Waals surface area contributed by atoms with Crippen LogP contribution in [-0.4, -0.2) is 22.4 Å². The zero-order chi connectivity index (χ0) is 34.1. The minimum atomic E-state index is -0.555. The number of hydrogen-bond donors (Lipinski definition) is 0. The van der Waals surface area contributed by atoms with E-state index < -0.39 is 22.2 Å². The highest BCUT2D eigenvalue weighted by molar-refractivity contribution is 6.13. The summed E-state index contributed by atoms with van der Waals surface area (Å²) in [6.45, 7) is 4.62. The number of non-ortho nitro benzene ring substituents is 1. The summed E-state index contributed by atoms with van der Waals surface area (Å²) in [5.41, 5.74) is 6.10. The number of ketones is 1. The monoisotopic (exact) mass is 656 g/mol. The predicted octanol–water partition coefficient (Wildman–Crippen LogP) is 8.52. The minimum Gasteiger partial charge on any atom is -0.489 e. The molecule has 0 spiro atoms. The second kappa shape index (κ2) is 13.4. The molecule has 2 fully saturated rings. The lowest BCUT2D eigenvalue weighted by atomic mass is 9.55. The largest absolute Gasteiger partial charge is 0.489 e. The summed E-state index contributed by atoms with van der Waals surface area (Å²) in [7, 11) is 0. The summed E-state index contributed by atoms with van der Waals surface area (Å²) < 4.78 is 6.13. The molecule has 250 valence electrons. The summed E-state index contributed by atoms with van der Waals surface area (Å²) in [5, 5.41) is 15.4. The molecule has 4 unspecified atom stereocenters. The van der Waals surface area contributed by atoms with E-state index in [2.05, 4.69) is 42.4 Å². The Balaban J connectivity index is 1.04. The van der Waals surface area contributed by atoms with Gasteiger partial charge in [0.25, 0.3) is 5.69 Å². The third-order valence-corrected chi connectivity index (χ3v) is 11.1. The summed E-state index contributed by atoms with van der Waals surface area (Å²) in [6, 6.07) is 30.2. The number of carbonyl (C=O) groups is 2. The molecule has 5 atom stereocenters. The van der Waals surface area contributed by atoms with E-state index in [1.165, 1.54) is 23.3 Å². The Kier molecular flexibility index (Phi) is 8.88. The topological polar surface area (TPSA) is 108 Å². The normalized spacial score (nSPS) is 24.4. The van der Waals surface area contributed by atoms with Gasteiger partial charge >= 0.3 is 5.97 Å². The van der Waals surface area contributed by atoms with Crippen LogP contribution in [0.4, 0.5) is 5.69 Å². The lowest BCUT2D eigenvalue weighted by Gasteiger charge is -2.48. The smallest absolute Gasteiger partial charge is 0.335 e. The van der Waals surface area contributed by atoms with Crippen LogP contribution in [0, 0.1) is 40.2 Å². The van der Waals surface area contributed by atoms with Gasteiger partial charge in [0.1, 0.15) is 23.9 Å². The van der Waals surface area contributed by atoms with Gasteiger partial charge in [-0.1, -0.05) is 78.3 Å². The van der Waals surface area contributed by atoms with Gasteiger partial charge in [0, 0.05) is 34.6 Å². The Labute approximate surface area is 286 Å². The van der Waals surface area contributed by atoms with Gasteiger partial charge < -0.3 is 9.57 Å². The first-order valence-electron chi connectivity index (χ1n) is 17.1. The average Bonchev–Trinajstić information content (AvgIpc) is 3.37. The van der Waals surface area contributed by atoms with Crippen LogP contribution >= 0.6 is 0 Å². The number of nitro groups is 1. The van der Waals surface area contributed by atoms with Gasteiger partial charge in [-0.05, 0) is 97.7 Å². The highest BCUT2D eigenvalue weighted by atomic mass is 16.7. The molecule has 49 heavy (non-hydrogen) atoms. The first-order chi connectivity index (χ1) is 23.7. The van der Waals surface area contributed by atoms with Crippen LogP contribution in [0.15, 0.2) is 102 Å². The second-order valence-electron chi connectivity index (χ2n) is 14.1. The van der Waals surface area contributed by atoms with Crippen molar-refractivity contribution in [2.45, 2.75) is 64.9 Å². The van der Waals surface area contributed by atoms with Crippen LogP contribution in [0.25, 0.3) is 0 Å². The van der Waals surface area contributed by atoms with Gasteiger partial charge in [0.05, 0.1) is 11.3 Å². The van der Waals surface area contributed by atoms with Gasteiger partial charge in [-0.15, -0.1) is 0 Å². The molecule has 3 aliphatic carbocycles. The van der Waals surface area contributed by atoms with Crippen LogP contribution < -0.4 is 4.74 Å². The maximum absolute atomic E-state index is 13.9. The molecule has 4 aromatic rings. The maximum atomic E-state index is 13.9. The molecule has 0 saturated heterocycles. The van der Waals surface area contributed by atoms with Crippen LogP contribution in [-0.2, 0) is 27.5 Å². The molecular weight excluding hydrogens is 616 g/mol. The van der Waals surface area contributed by atoms with Crippen LogP contribution in [0.1, 0.15) is 78.3 Å². The molecule has 3 aliphatic rings. The molecule has 0 N–H and O–H groups in total. The lowest BCUT2D eigenvalue weighted by Crippen LogP contribution is -2.42. The predicted molar refractivity (Wildman–Crippen MR) is 186 cm³/mol. The molecule has 2 saturated carbocycles. The number of oxime groups is 1. The molecule has 0 aliphatic heterocycles. The van der Waals surface area contributed by atoms with Gasteiger partial charge in [0.15, 0.2) is 0 Å². The van der Waals surface area contributed by atoms with E-state index in [0.717, 1.165) is 42.6 Å². The fourth-order valence-corrected chi connectivity index (χ4v) is 8.57. The van der Waals surface area contributed by atoms with E-state index in [-0.39, 0.29) is 23.8 Å². The molecule has 0 bridgehead atoms. The zero-order valence-electron chi connectivity index (χ0n) is 27.8. The number of carbonyl (C=O) groups excluding carboxylic acids is 2. The van der Waals surface area contributed by atoms with Crippen LogP contribution in [0.5, 0.6) is 5.75 Å². The highest BCUT2D eigenvalue weighted by Crippen LogP contribution is 2.61. The number of benzene rings is 4. The SMILES string of the molecule is Cc1ccc(C(=NOC(=O)CC2CC3C4CCc5cc(OCc6ccccc6)ccc5C4CC[C@]3(C)C2=O)c2ccc([N+](=O)[O-])cc2)cc1. The van der Waals surface area contributed by atoms with Crippen molar-refractivity contribution >= 4 is 23.2 Å². The number of nitro benzene ring substituents is 1. The van der Waals surface area contributed by atoms with E-state index in [1.807, 2.05) is 49.4 Å². The van der Waals surface area contributed by atoms with Crippen LogP contribution in [0.2, 0.25) is 0 Å². The number of nitrogens with zero attached hydrogens (tertiary/aromatic N) is 2. The van der Waals surface area contributed by atoms with Crippen molar-refractivity contribution < 1.29 is 24.1 Å². The van der Waals surface area contributed by atoms with Gasteiger partial charge in [-0.25, -0.2) is 4.79 Å². The summed E-state index contributed by atoms with van der Waals surface area (Å²) >= 11 is 0. The standard InChI is InChI=1S/C41H40N2O6/c1-26-8-10-28(11-9-26)39(29-12-15-32(16-13-29)43(46)47)42-49-38(44)24-31-23-37-36-18-14-30-22-33(48-25-27-6-4-3-5-7-27)17-19-34(30)35(36)20-21-41(37,2)40(31)45/h3-13,15-17,19,22,31,35-37H,14,18,20-21,23-25H2,1-2H3/t31?,35?,36?,37?,41-/m0/s1. The minimum absolute atomic E-state index is 0.0219. The average molecular weight is 657 g/mol. The Hall–Kier alpha value is -5.11. The van der Waals surface area contributed by atoms with E-state index in [0.29, 0.717) is 41.7 Å². The van der Waals surface area contributed by atoms with Crippen molar-refractivity contribution in [2.24, 2.45) is 28.3 Å². The maximum Gasteiger partial charge on any atom is 0.335 e. The van der Waals surface area contributed by atoms with Crippen molar-refractivity contribution in [2.75, 3.05) is 0 Å². The Morgan fingerprint density at radius 2 is 1.67 bits per heavy atom. The molecule has 0 radical (unpaired) electrons. The van der Waals surface area contributed by atoms with Gasteiger partial charge in [-0.2, -0.15) is 0 Å². The van der Waals surface area contributed by atoms with Gasteiger partial charge in [-0.3, -0.25) is 14.9 Å². The summed E-state index contributed by atoms with van der Waals surface area (Å²) in [4.78, 5) is 43.4. The van der Waals surface area contributed by atoms with Crippen molar-refractivity contribution in [3.8, 4) is 5.75 Å². The number of Topliss-reactive ketones (excluding diaryl/α,β-unsaturated/α-hetero) is 1. The molecule has 4 aromatic carbocycles. The number of rotatable bonds is 9. The van der Waals surface area contributed by atoms with Crippen molar-refractivity contribution in [3.63, 3.8) is 0 Å². The Morgan fingerprint density at radius 3 is 2.39 bits per heavy atom. The van der Waals surface area contributed by atoms with E-state index in [1.54, 1.807) is 12.1 Å². The molecule has 0 aromatic heterocycles. The lowest BCUT2D eigenvalue weighted by molar-refractivity contribution is -0.384. The van der Waals surface area contributed by atoms with Crippen molar-refractivity contribution in [1.82, 2.24) is 0 Å². The number of aryl methyl sites for hydroxylation is 2. The van der Waals surface area contributed by atoms with Crippen molar-refractivity contribution in [3.05, 3.63) is 141 Å². The quantitative estimate of drug-likeness (QED) is 0.0774. The molecular formula is C41H40N2O6. The van der Waals surface area contributed by atoms with E-state index in [9.17, 15) is 19.7 Å². The number of ether oxygens (including phenoxy) is 1. The second-order valence-corrected chi connectivity index (χ2v) is 14.1. The van der Waals surface area contributed by atoms with Crippen LogP contribution in [0.3, 0.4) is 0 Å². The molecule has 8 heteroatoms. The molecule has 8 nitrogen and oxygen atoms in total. The van der Waals surface area contributed by atoms with Crippen molar-refractivity contribution in [1.29, 1.82) is 0 Å². The first kappa shape index (κ1) is 32.4. The van der Waals surface area contributed by atoms with E-state index in [4.69, 9.17) is 9.57 Å². The highest BCUT2D eigenvalue weighted by Gasteiger charge is 2.58. The zero-order valence-corrected chi connectivity index (χ0v) is 27.8. The molecule has 7 rings (SSSR count).